The molecule has 0 heterocycles. The number of ether oxygens (including phenoxy) is 1. The number of rotatable bonds is 4. The van der Waals surface area contributed by atoms with Gasteiger partial charge in [-0.15, -0.1) is 0 Å². The fraction of sp³-hybridized carbons (Fsp3) is 0.133. The van der Waals surface area contributed by atoms with Crippen molar-refractivity contribution in [2.75, 3.05) is 0 Å². The van der Waals surface area contributed by atoms with E-state index in [1.54, 1.807) is 43.3 Å². The smallest absolute Gasteiger partial charge is 0.203 e. The first-order chi connectivity index (χ1) is 9.47. The van der Waals surface area contributed by atoms with Crippen LogP contribution in [0.2, 0.25) is 15.1 Å². The topological polar surface area (TPSA) is 26.3 Å². The minimum absolute atomic E-state index is 0.177. The van der Waals surface area contributed by atoms with E-state index in [0.717, 1.165) is 0 Å². The van der Waals surface area contributed by atoms with Crippen LogP contribution in [0, 0.1) is 0 Å². The molecule has 2 rings (SSSR count). The van der Waals surface area contributed by atoms with Crippen LogP contribution in [0.15, 0.2) is 42.5 Å². The van der Waals surface area contributed by atoms with Crippen molar-refractivity contribution in [3.63, 3.8) is 0 Å². The van der Waals surface area contributed by atoms with Gasteiger partial charge < -0.3 is 4.74 Å². The molecule has 0 saturated carbocycles. The van der Waals surface area contributed by atoms with Gasteiger partial charge in [0.05, 0.1) is 10.0 Å². The third-order valence-corrected chi connectivity index (χ3v) is 3.66. The summed E-state index contributed by atoms with van der Waals surface area (Å²) in [4.78, 5) is 12.2. The Hall–Kier alpha value is -1.22. The van der Waals surface area contributed by atoms with Crippen LogP contribution in [0.3, 0.4) is 0 Å². The maximum absolute atomic E-state index is 12.2. The third-order valence-electron chi connectivity index (χ3n) is 2.68. The summed E-state index contributed by atoms with van der Waals surface area (Å²) < 4.78 is 5.57. The number of carbonyl (C=O) groups excluding carboxylic acids is 1. The van der Waals surface area contributed by atoms with Crippen molar-refractivity contribution in [3.8, 4) is 5.75 Å². The number of Topliss-reactive ketones (excluding diaryl/α,β-unsaturated/α-hetero) is 1. The first-order valence-corrected chi connectivity index (χ1v) is 7.02. The minimum atomic E-state index is -0.647. The number of hydrogen-bond acceptors (Lipinski definition) is 2. The van der Waals surface area contributed by atoms with E-state index in [1.165, 1.54) is 6.07 Å². The molecule has 0 aliphatic heterocycles. The summed E-state index contributed by atoms with van der Waals surface area (Å²) in [5.74, 6) is 0.363. The molecule has 0 aliphatic carbocycles. The minimum Gasteiger partial charge on any atom is -0.483 e. The molecule has 2 nitrogen and oxygen atoms in total. The lowest BCUT2D eigenvalue weighted by Crippen LogP contribution is -2.23. The standard InChI is InChI=1S/C15H11Cl3O2/c1-9(20-12-4-2-3-11(16)8-12)15(19)10-5-6-13(17)14(18)7-10/h2-9H,1H3. The molecule has 20 heavy (non-hydrogen) atoms. The Morgan fingerprint density at radius 2 is 1.80 bits per heavy atom. The lowest BCUT2D eigenvalue weighted by Gasteiger charge is -2.14. The van der Waals surface area contributed by atoms with E-state index >= 15 is 0 Å². The Morgan fingerprint density at radius 3 is 2.45 bits per heavy atom. The summed E-state index contributed by atoms with van der Waals surface area (Å²) in [6, 6.07) is 11.6. The molecule has 0 aromatic heterocycles. The van der Waals surface area contributed by atoms with E-state index in [-0.39, 0.29) is 5.78 Å². The molecule has 0 amide bonds. The van der Waals surface area contributed by atoms with Gasteiger partial charge in [-0.2, -0.15) is 0 Å². The largest absolute Gasteiger partial charge is 0.483 e. The molecule has 0 aliphatic rings. The van der Waals surface area contributed by atoms with Crippen LogP contribution < -0.4 is 4.74 Å². The summed E-state index contributed by atoms with van der Waals surface area (Å²) >= 11 is 17.6. The van der Waals surface area contributed by atoms with E-state index in [9.17, 15) is 4.79 Å². The van der Waals surface area contributed by atoms with E-state index in [0.29, 0.717) is 26.4 Å². The van der Waals surface area contributed by atoms with Gasteiger partial charge in [0, 0.05) is 10.6 Å². The average Bonchev–Trinajstić information content (AvgIpc) is 2.41. The molecule has 0 N–H and O–H groups in total. The Labute approximate surface area is 132 Å². The average molecular weight is 330 g/mol. The van der Waals surface area contributed by atoms with Crippen LogP contribution in [0.5, 0.6) is 5.75 Å². The fourth-order valence-electron chi connectivity index (χ4n) is 1.68. The third kappa shape index (κ3) is 3.66. The molecule has 0 saturated heterocycles. The van der Waals surface area contributed by atoms with Crippen molar-refractivity contribution in [3.05, 3.63) is 63.1 Å². The Balaban J connectivity index is 2.14. The van der Waals surface area contributed by atoms with E-state index in [4.69, 9.17) is 39.5 Å². The molecule has 2 aromatic rings. The number of halogens is 3. The van der Waals surface area contributed by atoms with Gasteiger partial charge >= 0.3 is 0 Å². The van der Waals surface area contributed by atoms with Crippen LogP contribution >= 0.6 is 34.8 Å². The molecular formula is C15H11Cl3O2. The van der Waals surface area contributed by atoms with Gasteiger partial charge in [0.1, 0.15) is 5.75 Å². The van der Waals surface area contributed by atoms with Crippen LogP contribution in [0.4, 0.5) is 0 Å². The number of ketones is 1. The molecule has 5 heteroatoms. The zero-order chi connectivity index (χ0) is 14.7. The van der Waals surface area contributed by atoms with Crippen LogP contribution in [-0.2, 0) is 0 Å². The zero-order valence-corrected chi connectivity index (χ0v) is 12.8. The molecule has 0 radical (unpaired) electrons. The highest BCUT2D eigenvalue weighted by atomic mass is 35.5. The molecule has 1 atom stereocenters. The predicted molar refractivity (Wildman–Crippen MR) is 82.3 cm³/mol. The van der Waals surface area contributed by atoms with Gasteiger partial charge in [-0.05, 0) is 43.3 Å². The van der Waals surface area contributed by atoms with Crippen molar-refractivity contribution in [1.29, 1.82) is 0 Å². The second-order valence-corrected chi connectivity index (χ2v) is 5.46. The maximum atomic E-state index is 12.2. The van der Waals surface area contributed by atoms with Crippen molar-refractivity contribution >= 4 is 40.6 Å². The summed E-state index contributed by atoms with van der Waals surface area (Å²) in [5, 5.41) is 1.30. The highest BCUT2D eigenvalue weighted by Gasteiger charge is 2.18. The van der Waals surface area contributed by atoms with Gasteiger partial charge in [-0.25, -0.2) is 0 Å². The summed E-state index contributed by atoms with van der Waals surface area (Å²) in [7, 11) is 0. The normalized spacial score (nSPS) is 12.0. The van der Waals surface area contributed by atoms with Crippen LogP contribution in [0.25, 0.3) is 0 Å². The number of carbonyl (C=O) groups is 1. The molecule has 0 spiro atoms. The highest BCUT2D eigenvalue weighted by Crippen LogP contribution is 2.24. The van der Waals surface area contributed by atoms with E-state index in [1.807, 2.05) is 0 Å². The van der Waals surface area contributed by atoms with Crippen LogP contribution in [-0.4, -0.2) is 11.9 Å². The van der Waals surface area contributed by atoms with Crippen LogP contribution in [0.1, 0.15) is 17.3 Å². The van der Waals surface area contributed by atoms with E-state index < -0.39 is 6.10 Å². The van der Waals surface area contributed by atoms with Crippen molar-refractivity contribution in [2.45, 2.75) is 13.0 Å². The lowest BCUT2D eigenvalue weighted by atomic mass is 10.1. The molecule has 104 valence electrons. The lowest BCUT2D eigenvalue weighted by molar-refractivity contribution is 0.0818. The Bertz CT molecular complexity index is 641. The Kier molecular flexibility index (Phi) is 4.92. The summed E-state index contributed by atoms with van der Waals surface area (Å²) in [6.45, 7) is 1.67. The van der Waals surface area contributed by atoms with Gasteiger partial charge in [-0.3, -0.25) is 4.79 Å². The number of hydrogen-bond donors (Lipinski definition) is 0. The van der Waals surface area contributed by atoms with Gasteiger partial charge in [0.15, 0.2) is 6.10 Å². The van der Waals surface area contributed by atoms with Gasteiger partial charge in [0.25, 0.3) is 0 Å². The highest BCUT2D eigenvalue weighted by molar-refractivity contribution is 6.42. The summed E-state index contributed by atoms with van der Waals surface area (Å²) in [6.07, 6.45) is -0.647. The Morgan fingerprint density at radius 1 is 1.05 bits per heavy atom. The van der Waals surface area contributed by atoms with Gasteiger partial charge in [0.2, 0.25) is 5.78 Å². The second kappa shape index (κ2) is 6.49. The zero-order valence-electron chi connectivity index (χ0n) is 10.6. The van der Waals surface area contributed by atoms with E-state index in [2.05, 4.69) is 0 Å². The maximum Gasteiger partial charge on any atom is 0.203 e. The SMILES string of the molecule is CC(Oc1cccc(Cl)c1)C(=O)c1ccc(Cl)c(Cl)c1. The molecule has 2 aromatic carbocycles. The van der Waals surface area contributed by atoms with Crippen molar-refractivity contribution in [2.24, 2.45) is 0 Å². The van der Waals surface area contributed by atoms with Gasteiger partial charge in [-0.1, -0.05) is 40.9 Å². The summed E-state index contributed by atoms with van der Waals surface area (Å²) in [5.41, 5.74) is 0.453. The molecular weight excluding hydrogens is 319 g/mol. The predicted octanol–water partition coefficient (Wildman–Crippen LogP) is 5.30. The first kappa shape index (κ1) is 15.2. The molecule has 0 fully saturated rings. The fourth-order valence-corrected chi connectivity index (χ4v) is 2.16. The quantitative estimate of drug-likeness (QED) is 0.712. The molecule has 1 unspecified atom stereocenters. The molecule has 0 bridgehead atoms. The van der Waals surface area contributed by atoms with Crippen molar-refractivity contribution < 1.29 is 9.53 Å². The second-order valence-electron chi connectivity index (χ2n) is 4.21. The monoisotopic (exact) mass is 328 g/mol. The first-order valence-electron chi connectivity index (χ1n) is 5.89. The van der Waals surface area contributed by atoms with Crippen molar-refractivity contribution in [1.82, 2.24) is 0 Å². The number of benzene rings is 2.